The van der Waals surface area contributed by atoms with Crippen LogP contribution in [0, 0.1) is 17.0 Å². The summed E-state index contributed by atoms with van der Waals surface area (Å²) in [5.41, 5.74) is 2.99. The fourth-order valence-corrected chi connectivity index (χ4v) is 3.33. The molecule has 110 valence electrons. The minimum atomic E-state index is -0.338. The Morgan fingerprint density at radius 2 is 1.86 bits per heavy atom. The van der Waals surface area contributed by atoms with Gasteiger partial charge in [-0.2, -0.15) is 0 Å². The van der Waals surface area contributed by atoms with Crippen LogP contribution in [0.15, 0.2) is 59.6 Å². The van der Waals surface area contributed by atoms with Crippen molar-refractivity contribution in [3.8, 4) is 0 Å². The summed E-state index contributed by atoms with van der Waals surface area (Å²) in [6.07, 6.45) is 0. The van der Waals surface area contributed by atoms with Gasteiger partial charge in [0.05, 0.1) is 15.5 Å². The molecule has 22 heavy (non-hydrogen) atoms. The van der Waals surface area contributed by atoms with E-state index in [0.717, 1.165) is 21.5 Å². The van der Waals surface area contributed by atoms with E-state index in [4.69, 9.17) is 0 Å². The van der Waals surface area contributed by atoms with Crippen LogP contribution in [-0.4, -0.2) is 9.91 Å². The van der Waals surface area contributed by atoms with Gasteiger partial charge in [-0.25, -0.2) is 4.98 Å². The van der Waals surface area contributed by atoms with E-state index < -0.39 is 0 Å². The first kappa shape index (κ1) is 14.5. The zero-order valence-corrected chi connectivity index (χ0v) is 12.8. The second kappa shape index (κ2) is 6.15. The van der Waals surface area contributed by atoms with Gasteiger partial charge in [0.15, 0.2) is 0 Å². The number of para-hydroxylation sites is 2. The van der Waals surface area contributed by atoms with Crippen molar-refractivity contribution in [3.63, 3.8) is 0 Å². The van der Waals surface area contributed by atoms with Gasteiger partial charge in [0.25, 0.3) is 5.69 Å². The van der Waals surface area contributed by atoms with Crippen LogP contribution >= 0.6 is 11.8 Å². The Bertz CT molecular complexity index is 849. The minimum Gasteiger partial charge on any atom is -0.258 e. The molecule has 0 amide bonds. The lowest BCUT2D eigenvalue weighted by atomic mass is 10.1. The number of pyridine rings is 1. The van der Waals surface area contributed by atoms with Crippen molar-refractivity contribution in [1.82, 2.24) is 4.98 Å². The van der Waals surface area contributed by atoms with E-state index in [-0.39, 0.29) is 10.6 Å². The van der Waals surface area contributed by atoms with E-state index in [1.165, 1.54) is 17.8 Å². The number of fused-ring (bicyclic) bond motifs is 1. The number of hydrogen-bond acceptors (Lipinski definition) is 4. The number of nitrogens with zero attached hydrogens (tertiary/aromatic N) is 2. The molecule has 0 fully saturated rings. The van der Waals surface area contributed by atoms with Crippen molar-refractivity contribution in [1.29, 1.82) is 0 Å². The molecule has 0 spiro atoms. The number of rotatable bonds is 4. The summed E-state index contributed by atoms with van der Waals surface area (Å²) in [6, 6.07) is 16.9. The van der Waals surface area contributed by atoms with Gasteiger partial charge in [-0.15, -0.1) is 11.8 Å². The fraction of sp³-hybridized carbons (Fsp3) is 0.118. The molecule has 0 aliphatic carbocycles. The van der Waals surface area contributed by atoms with E-state index in [0.29, 0.717) is 11.3 Å². The standard InChI is InChI=1S/C17H14N2O2S/c1-12-10-17(18-15-8-4-3-7-14(12)15)22-11-13-6-2-5-9-16(13)19(20)21/h2-10H,11H2,1H3. The van der Waals surface area contributed by atoms with Crippen LogP contribution in [0.5, 0.6) is 0 Å². The molecule has 3 rings (SSSR count). The average molecular weight is 310 g/mol. The van der Waals surface area contributed by atoms with E-state index >= 15 is 0 Å². The Kier molecular flexibility index (Phi) is 4.06. The van der Waals surface area contributed by atoms with Crippen molar-refractivity contribution >= 4 is 28.4 Å². The van der Waals surface area contributed by atoms with E-state index in [1.807, 2.05) is 36.4 Å². The van der Waals surface area contributed by atoms with Crippen LogP contribution in [-0.2, 0) is 5.75 Å². The van der Waals surface area contributed by atoms with Crippen molar-refractivity contribution in [3.05, 3.63) is 75.8 Å². The van der Waals surface area contributed by atoms with Gasteiger partial charge in [0.2, 0.25) is 0 Å². The van der Waals surface area contributed by atoms with Crippen molar-refractivity contribution in [2.24, 2.45) is 0 Å². The monoisotopic (exact) mass is 310 g/mol. The smallest absolute Gasteiger partial charge is 0.258 e. The number of benzene rings is 2. The Morgan fingerprint density at radius 3 is 2.68 bits per heavy atom. The second-order valence-corrected chi connectivity index (χ2v) is 5.96. The first-order chi connectivity index (χ1) is 10.6. The normalized spacial score (nSPS) is 10.8. The number of nitro groups is 1. The highest BCUT2D eigenvalue weighted by atomic mass is 32.2. The minimum absolute atomic E-state index is 0.160. The van der Waals surface area contributed by atoms with E-state index in [2.05, 4.69) is 11.9 Å². The fourth-order valence-electron chi connectivity index (χ4n) is 2.36. The first-order valence-electron chi connectivity index (χ1n) is 6.86. The maximum absolute atomic E-state index is 11.0. The highest BCUT2D eigenvalue weighted by molar-refractivity contribution is 7.98. The van der Waals surface area contributed by atoms with Gasteiger partial charge >= 0.3 is 0 Å². The average Bonchev–Trinajstić information content (AvgIpc) is 2.53. The zero-order valence-electron chi connectivity index (χ0n) is 12.0. The topological polar surface area (TPSA) is 56.0 Å². The molecular weight excluding hydrogens is 296 g/mol. The molecule has 0 saturated carbocycles. The number of thioether (sulfide) groups is 1. The number of aryl methyl sites for hydroxylation is 1. The Hall–Kier alpha value is -2.40. The SMILES string of the molecule is Cc1cc(SCc2ccccc2[N+](=O)[O-])nc2ccccc12. The van der Waals surface area contributed by atoms with Crippen LogP contribution in [0.2, 0.25) is 0 Å². The summed E-state index contributed by atoms with van der Waals surface area (Å²) in [7, 11) is 0. The molecular formula is C17H14N2O2S. The molecule has 3 aromatic rings. The Morgan fingerprint density at radius 1 is 1.14 bits per heavy atom. The molecule has 0 unspecified atom stereocenters. The van der Waals surface area contributed by atoms with Crippen LogP contribution in [0.1, 0.15) is 11.1 Å². The third kappa shape index (κ3) is 2.94. The molecule has 0 bridgehead atoms. The predicted molar refractivity (Wildman–Crippen MR) is 89.1 cm³/mol. The van der Waals surface area contributed by atoms with E-state index in [9.17, 15) is 10.1 Å². The van der Waals surface area contributed by atoms with Crippen molar-refractivity contribution < 1.29 is 4.92 Å². The quantitative estimate of drug-likeness (QED) is 0.396. The molecule has 2 aromatic carbocycles. The third-order valence-corrected chi connectivity index (χ3v) is 4.42. The zero-order chi connectivity index (χ0) is 15.5. The van der Waals surface area contributed by atoms with Gasteiger partial charge < -0.3 is 0 Å². The van der Waals surface area contributed by atoms with Gasteiger partial charge in [0, 0.05) is 22.8 Å². The summed E-state index contributed by atoms with van der Waals surface area (Å²) < 4.78 is 0. The molecule has 0 aliphatic heterocycles. The lowest BCUT2D eigenvalue weighted by Crippen LogP contribution is -1.94. The van der Waals surface area contributed by atoms with Crippen molar-refractivity contribution in [2.75, 3.05) is 0 Å². The second-order valence-electron chi connectivity index (χ2n) is 4.97. The molecule has 4 nitrogen and oxygen atoms in total. The van der Waals surface area contributed by atoms with E-state index in [1.54, 1.807) is 12.1 Å². The molecule has 1 aromatic heterocycles. The maximum atomic E-state index is 11.0. The van der Waals surface area contributed by atoms with Crippen LogP contribution in [0.3, 0.4) is 0 Å². The van der Waals surface area contributed by atoms with Gasteiger partial charge in [-0.05, 0) is 24.6 Å². The van der Waals surface area contributed by atoms with Crippen LogP contribution < -0.4 is 0 Å². The Balaban J connectivity index is 1.87. The number of nitro benzene ring substituents is 1. The summed E-state index contributed by atoms with van der Waals surface area (Å²) in [6.45, 7) is 2.05. The summed E-state index contributed by atoms with van der Waals surface area (Å²) in [4.78, 5) is 15.3. The molecule has 0 aliphatic rings. The van der Waals surface area contributed by atoms with Crippen LogP contribution in [0.4, 0.5) is 5.69 Å². The lowest BCUT2D eigenvalue weighted by molar-refractivity contribution is -0.385. The van der Waals surface area contributed by atoms with Gasteiger partial charge in [-0.3, -0.25) is 10.1 Å². The molecule has 0 atom stereocenters. The summed E-state index contributed by atoms with van der Waals surface area (Å²) in [5, 5.41) is 13.1. The van der Waals surface area contributed by atoms with Crippen molar-refractivity contribution in [2.45, 2.75) is 17.7 Å². The molecule has 0 radical (unpaired) electrons. The largest absolute Gasteiger partial charge is 0.273 e. The maximum Gasteiger partial charge on any atom is 0.273 e. The van der Waals surface area contributed by atoms with Gasteiger partial charge in [-0.1, -0.05) is 36.4 Å². The highest BCUT2D eigenvalue weighted by Crippen LogP contribution is 2.29. The Labute approximate surface area is 132 Å². The number of hydrogen-bond donors (Lipinski definition) is 0. The lowest BCUT2D eigenvalue weighted by Gasteiger charge is -2.06. The molecule has 1 heterocycles. The molecule has 5 heteroatoms. The predicted octanol–water partition coefficient (Wildman–Crippen LogP) is 4.74. The first-order valence-corrected chi connectivity index (χ1v) is 7.85. The third-order valence-electron chi connectivity index (χ3n) is 3.46. The molecule has 0 saturated heterocycles. The number of aromatic nitrogens is 1. The molecule has 0 N–H and O–H groups in total. The van der Waals surface area contributed by atoms with Gasteiger partial charge in [0.1, 0.15) is 0 Å². The summed E-state index contributed by atoms with van der Waals surface area (Å²) >= 11 is 1.52. The highest BCUT2D eigenvalue weighted by Gasteiger charge is 2.13. The van der Waals surface area contributed by atoms with Crippen LogP contribution in [0.25, 0.3) is 10.9 Å². The summed E-state index contributed by atoms with van der Waals surface area (Å²) in [5.74, 6) is 0.530.